The summed E-state index contributed by atoms with van der Waals surface area (Å²) in [7, 11) is 0. The normalized spacial score (nSPS) is 10.8. The van der Waals surface area contributed by atoms with Crippen LogP contribution in [0.2, 0.25) is 0 Å². The van der Waals surface area contributed by atoms with E-state index >= 15 is 0 Å². The molecule has 19 heavy (non-hydrogen) atoms. The Morgan fingerprint density at radius 1 is 1.26 bits per heavy atom. The number of carbonyl (C=O) groups is 1. The number of aryl methyl sites for hydroxylation is 1. The van der Waals surface area contributed by atoms with Gasteiger partial charge in [-0.1, -0.05) is 0 Å². The molecule has 3 aromatic rings. The molecule has 2 heterocycles. The molecule has 0 aliphatic rings. The second kappa shape index (κ2) is 4.48. The number of aromatic nitrogens is 6. The molecule has 0 saturated carbocycles. The number of aromatic amines is 2. The molecule has 0 spiro atoms. The summed E-state index contributed by atoms with van der Waals surface area (Å²) < 4.78 is 0. The smallest absolute Gasteiger partial charge is 0.251 e. The number of H-pyrrole nitrogens is 2. The Balaban J connectivity index is 1.72. The van der Waals surface area contributed by atoms with E-state index < -0.39 is 0 Å². The Bertz CT molecular complexity index is 729. The zero-order chi connectivity index (χ0) is 13.2. The zero-order valence-electron chi connectivity index (χ0n) is 10.1. The number of carbonyl (C=O) groups excluding carboxylic acids is 1. The molecule has 0 radical (unpaired) electrons. The van der Waals surface area contributed by atoms with Crippen LogP contribution in [0.15, 0.2) is 18.2 Å². The summed E-state index contributed by atoms with van der Waals surface area (Å²) in [5.74, 6) is 1.06. The quantitative estimate of drug-likeness (QED) is 0.625. The average molecular weight is 257 g/mol. The maximum Gasteiger partial charge on any atom is 0.251 e. The van der Waals surface area contributed by atoms with E-state index in [-0.39, 0.29) is 12.5 Å². The molecule has 0 fully saturated rings. The van der Waals surface area contributed by atoms with E-state index in [4.69, 9.17) is 0 Å². The van der Waals surface area contributed by atoms with E-state index in [1.54, 1.807) is 25.1 Å². The van der Waals surface area contributed by atoms with Crippen molar-refractivity contribution in [2.75, 3.05) is 0 Å². The third kappa shape index (κ3) is 2.28. The summed E-state index contributed by atoms with van der Waals surface area (Å²) in [4.78, 5) is 16.1. The highest BCUT2D eigenvalue weighted by Gasteiger charge is 2.09. The lowest BCUT2D eigenvalue weighted by atomic mass is 10.2. The minimum atomic E-state index is -0.202. The van der Waals surface area contributed by atoms with Crippen molar-refractivity contribution in [2.45, 2.75) is 13.5 Å². The number of hydrogen-bond donors (Lipinski definition) is 3. The van der Waals surface area contributed by atoms with Crippen molar-refractivity contribution in [1.29, 1.82) is 0 Å². The first-order valence-corrected chi connectivity index (χ1v) is 5.69. The number of fused-ring (bicyclic) bond motifs is 1. The molecule has 96 valence electrons. The lowest BCUT2D eigenvalue weighted by molar-refractivity contribution is 0.0950. The second-order valence-electron chi connectivity index (χ2n) is 4.05. The molecule has 8 nitrogen and oxygen atoms in total. The molecule has 1 aromatic carbocycles. The number of amides is 1. The van der Waals surface area contributed by atoms with Gasteiger partial charge in [-0.05, 0) is 25.1 Å². The van der Waals surface area contributed by atoms with Gasteiger partial charge in [0.05, 0.1) is 6.54 Å². The molecule has 3 rings (SSSR count). The minimum absolute atomic E-state index is 0.202. The summed E-state index contributed by atoms with van der Waals surface area (Å²) in [6, 6.07) is 5.12. The van der Waals surface area contributed by atoms with Gasteiger partial charge in [0.2, 0.25) is 0 Å². The van der Waals surface area contributed by atoms with Crippen LogP contribution in [0.5, 0.6) is 0 Å². The van der Waals surface area contributed by atoms with Gasteiger partial charge in [-0.2, -0.15) is 20.5 Å². The van der Waals surface area contributed by atoms with Gasteiger partial charge in [0.1, 0.15) is 16.9 Å². The first-order valence-electron chi connectivity index (χ1n) is 5.69. The van der Waals surface area contributed by atoms with Crippen molar-refractivity contribution in [3.8, 4) is 0 Å². The van der Waals surface area contributed by atoms with Crippen molar-refractivity contribution in [1.82, 2.24) is 35.9 Å². The van der Waals surface area contributed by atoms with Crippen molar-refractivity contribution in [2.24, 2.45) is 0 Å². The Kier molecular flexibility index (Phi) is 2.67. The second-order valence-corrected chi connectivity index (χ2v) is 4.05. The predicted molar refractivity (Wildman–Crippen MR) is 66.2 cm³/mol. The Hall–Kier alpha value is -2.77. The Labute approximate surface area is 107 Å². The van der Waals surface area contributed by atoms with Crippen LogP contribution < -0.4 is 5.32 Å². The van der Waals surface area contributed by atoms with Gasteiger partial charge in [0, 0.05) is 5.56 Å². The largest absolute Gasteiger partial charge is 0.345 e. The number of nitrogens with one attached hydrogen (secondary N) is 3. The third-order valence-corrected chi connectivity index (χ3v) is 2.63. The fraction of sp³-hybridized carbons (Fsp3) is 0.182. The predicted octanol–water partition coefficient (Wildman–Crippen LogP) is 0.314. The number of rotatable bonds is 3. The highest BCUT2D eigenvalue weighted by molar-refractivity contribution is 5.97. The number of hydrogen-bond acceptors (Lipinski definition) is 5. The fourth-order valence-electron chi connectivity index (χ4n) is 1.71. The molecular weight excluding hydrogens is 246 g/mol. The van der Waals surface area contributed by atoms with Gasteiger partial charge in [0.25, 0.3) is 5.91 Å². The molecule has 2 aromatic heterocycles. The molecule has 0 bridgehead atoms. The summed E-state index contributed by atoms with van der Waals surface area (Å²) in [6.07, 6.45) is 0. The molecule has 0 atom stereocenters. The average Bonchev–Trinajstić information content (AvgIpc) is 3.03. The van der Waals surface area contributed by atoms with Crippen molar-refractivity contribution in [3.63, 3.8) is 0 Å². The van der Waals surface area contributed by atoms with E-state index in [1.807, 2.05) is 0 Å². The van der Waals surface area contributed by atoms with Crippen LogP contribution in [-0.2, 0) is 6.54 Å². The van der Waals surface area contributed by atoms with Gasteiger partial charge >= 0.3 is 0 Å². The van der Waals surface area contributed by atoms with Gasteiger partial charge in [0.15, 0.2) is 5.82 Å². The molecule has 1 amide bonds. The number of benzene rings is 1. The number of nitrogens with zero attached hydrogens (tertiary/aromatic N) is 4. The van der Waals surface area contributed by atoms with Gasteiger partial charge < -0.3 is 5.32 Å². The molecule has 0 aliphatic carbocycles. The summed E-state index contributed by atoms with van der Waals surface area (Å²) >= 11 is 0. The standard InChI is InChI=1S/C11H11N7O/c1-6-13-10(17-14-6)5-12-11(19)7-2-3-8-9(4-7)16-18-15-8/h2-4H,5H2,1H3,(H,12,19)(H,13,14,17)(H,15,16,18). The summed E-state index contributed by atoms with van der Waals surface area (Å²) in [5.41, 5.74) is 1.90. The van der Waals surface area contributed by atoms with E-state index in [9.17, 15) is 4.79 Å². The van der Waals surface area contributed by atoms with E-state index in [0.717, 1.165) is 5.52 Å². The van der Waals surface area contributed by atoms with E-state index in [0.29, 0.717) is 22.7 Å². The maximum atomic E-state index is 12.0. The van der Waals surface area contributed by atoms with Crippen LogP contribution >= 0.6 is 0 Å². The maximum absolute atomic E-state index is 12.0. The Morgan fingerprint density at radius 2 is 2.11 bits per heavy atom. The molecule has 3 N–H and O–H groups in total. The lowest BCUT2D eigenvalue weighted by Crippen LogP contribution is -2.23. The van der Waals surface area contributed by atoms with Crippen LogP contribution in [-0.4, -0.2) is 36.5 Å². The molecule has 0 aliphatic heterocycles. The zero-order valence-corrected chi connectivity index (χ0v) is 10.1. The lowest BCUT2D eigenvalue weighted by Gasteiger charge is -2.02. The van der Waals surface area contributed by atoms with Crippen LogP contribution in [0.3, 0.4) is 0 Å². The van der Waals surface area contributed by atoms with Crippen LogP contribution in [0.25, 0.3) is 11.0 Å². The molecule has 0 saturated heterocycles. The van der Waals surface area contributed by atoms with Crippen LogP contribution in [0.4, 0.5) is 0 Å². The Morgan fingerprint density at radius 3 is 2.89 bits per heavy atom. The van der Waals surface area contributed by atoms with Crippen molar-refractivity contribution in [3.05, 3.63) is 35.4 Å². The first kappa shape index (κ1) is 11.3. The topological polar surface area (TPSA) is 112 Å². The summed E-state index contributed by atoms with van der Waals surface area (Å²) in [6.45, 7) is 2.08. The van der Waals surface area contributed by atoms with Crippen molar-refractivity contribution >= 4 is 16.9 Å². The van der Waals surface area contributed by atoms with E-state index in [2.05, 4.69) is 35.9 Å². The van der Waals surface area contributed by atoms with Crippen LogP contribution in [0.1, 0.15) is 22.0 Å². The van der Waals surface area contributed by atoms with Gasteiger partial charge in [-0.3, -0.25) is 9.89 Å². The third-order valence-electron chi connectivity index (χ3n) is 2.63. The monoisotopic (exact) mass is 257 g/mol. The van der Waals surface area contributed by atoms with Crippen molar-refractivity contribution < 1.29 is 4.79 Å². The minimum Gasteiger partial charge on any atom is -0.345 e. The highest BCUT2D eigenvalue weighted by Crippen LogP contribution is 2.10. The van der Waals surface area contributed by atoms with Gasteiger partial charge in [-0.25, -0.2) is 4.98 Å². The van der Waals surface area contributed by atoms with Crippen LogP contribution in [0, 0.1) is 6.92 Å². The molecular formula is C11H11N7O. The fourth-order valence-corrected chi connectivity index (χ4v) is 1.71. The van der Waals surface area contributed by atoms with Gasteiger partial charge in [-0.15, -0.1) is 0 Å². The molecule has 8 heteroatoms. The first-order chi connectivity index (χ1) is 9.22. The van der Waals surface area contributed by atoms with E-state index in [1.165, 1.54) is 0 Å². The SMILES string of the molecule is Cc1nc(CNC(=O)c2ccc3n[nH]nc3c2)n[nH]1. The molecule has 0 unspecified atom stereocenters. The summed E-state index contributed by atoms with van der Waals surface area (Å²) in [5, 5.41) is 19.8. The highest BCUT2D eigenvalue weighted by atomic mass is 16.1.